The van der Waals surface area contributed by atoms with E-state index in [1.807, 2.05) is 0 Å². The molecule has 0 aliphatic rings. The summed E-state index contributed by atoms with van der Waals surface area (Å²) in [4.78, 5) is 14.7. The maximum absolute atomic E-state index is 12.1. The number of carboxylic acids is 1. The van der Waals surface area contributed by atoms with Crippen LogP contribution in [0.4, 0.5) is 0 Å². The summed E-state index contributed by atoms with van der Waals surface area (Å²) in [5.74, 6) is -0.338. The molecule has 7 nitrogen and oxygen atoms in total. The Labute approximate surface area is 119 Å². The molecule has 1 atom stereocenters. The van der Waals surface area contributed by atoms with Crippen LogP contribution in [-0.2, 0) is 10.0 Å². The fourth-order valence-corrected chi connectivity index (χ4v) is 3.85. The number of nitrogens with zero attached hydrogens (tertiary/aromatic N) is 1. The van der Waals surface area contributed by atoms with Crippen LogP contribution in [0.25, 0.3) is 0 Å². The number of carboxylic acid groups (broad SMARTS) is 1. The van der Waals surface area contributed by atoms with Crippen molar-refractivity contribution in [2.45, 2.75) is 24.1 Å². The van der Waals surface area contributed by atoms with Crippen LogP contribution in [0.1, 0.15) is 35.0 Å². The fourth-order valence-electron chi connectivity index (χ4n) is 1.48. The molecule has 0 amide bonds. The van der Waals surface area contributed by atoms with Crippen molar-refractivity contribution in [3.63, 3.8) is 0 Å². The molecule has 20 heavy (non-hydrogen) atoms. The van der Waals surface area contributed by atoms with Gasteiger partial charge in [-0.1, -0.05) is 0 Å². The number of hydrogen-bond donors (Lipinski definition) is 2. The van der Waals surface area contributed by atoms with E-state index in [4.69, 9.17) is 9.52 Å². The minimum atomic E-state index is -3.81. The molecule has 2 N–H and O–H groups in total. The second-order valence-corrected chi connectivity index (χ2v) is 6.96. The molecule has 0 fully saturated rings. The van der Waals surface area contributed by atoms with Crippen LogP contribution in [0.5, 0.6) is 0 Å². The Morgan fingerprint density at radius 3 is 2.75 bits per heavy atom. The smallest absolute Gasteiger partial charge is 0.336 e. The molecule has 0 radical (unpaired) electrons. The summed E-state index contributed by atoms with van der Waals surface area (Å²) in [5.41, 5.74) is -0.0602. The van der Waals surface area contributed by atoms with Gasteiger partial charge in [0.1, 0.15) is 9.97 Å². The highest BCUT2D eigenvalue weighted by atomic mass is 32.2. The van der Waals surface area contributed by atoms with Crippen molar-refractivity contribution in [2.75, 3.05) is 0 Å². The van der Waals surface area contributed by atoms with Gasteiger partial charge >= 0.3 is 5.97 Å². The number of aryl methyl sites for hydroxylation is 1. The Morgan fingerprint density at radius 2 is 2.25 bits per heavy atom. The van der Waals surface area contributed by atoms with Gasteiger partial charge in [-0.2, -0.15) is 4.72 Å². The molecular weight excluding hydrogens is 304 g/mol. The molecule has 0 aromatic carbocycles. The van der Waals surface area contributed by atoms with Crippen LogP contribution in [0, 0.1) is 6.92 Å². The lowest BCUT2D eigenvalue weighted by Gasteiger charge is -2.09. The molecular formula is C11H12N2O5S2. The molecule has 108 valence electrons. The monoisotopic (exact) mass is 316 g/mol. The lowest BCUT2D eigenvalue weighted by Crippen LogP contribution is -2.26. The Bertz CT molecular complexity index is 732. The Kier molecular flexibility index (Phi) is 3.93. The quantitative estimate of drug-likeness (QED) is 0.870. The summed E-state index contributed by atoms with van der Waals surface area (Å²) in [5, 5.41) is 10.1. The maximum atomic E-state index is 12.1. The summed E-state index contributed by atoms with van der Waals surface area (Å²) in [7, 11) is -3.81. The number of carbonyl (C=O) groups is 1. The number of nitrogens with one attached hydrogen (secondary N) is 1. The average molecular weight is 316 g/mol. The average Bonchev–Trinajstić information content (AvgIpc) is 2.96. The number of rotatable bonds is 5. The number of hydrogen-bond acceptors (Lipinski definition) is 6. The summed E-state index contributed by atoms with van der Waals surface area (Å²) in [6, 6.07) is 0.465. The van der Waals surface area contributed by atoms with E-state index in [1.54, 1.807) is 13.8 Å². The lowest BCUT2D eigenvalue weighted by atomic mass is 10.4. The van der Waals surface area contributed by atoms with Crippen LogP contribution >= 0.6 is 11.3 Å². The summed E-state index contributed by atoms with van der Waals surface area (Å²) in [6.45, 7) is 3.30. The van der Waals surface area contributed by atoms with E-state index in [2.05, 4.69) is 9.71 Å². The molecule has 9 heteroatoms. The number of thiophene rings is 1. The van der Waals surface area contributed by atoms with Gasteiger partial charge in [0.25, 0.3) is 10.0 Å². The number of aromatic nitrogens is 1. The first kappa shape index (κ1) is 14.7. The summed E-state index contributed by atoms with van der Waals surface area (Å²) >= 11 is 0.845. The standard InChI is InChI=1S/C11H12N2O5S2/c1-6-4-12-10(18-6)7(2)13-20(16,17)9-3-8(5-19-9)11(14)15/h3-5,7,13H,1-2H3,(H,14,15). The van der Waals surface area contributed by atoms with Gasteiger partial charge in [0.05, 0.1) is 17.8 Å². The topological polar surface area (TPSA) is 110 Å². The lowest BCUT2D eigenvalue weighted by molar-refractivity contribution is 0.0697. The highest BCUT2D eigenvalue weighted by molar-refractivity contribution is 7.91. The van der Waals surface area contributed by atoms with Gasteiger partial charge in [0, 0.05) is 5.38 Å². The second-order valence-electron chi connectivity index (χ2n) is 4.11. The van der Waals surface area contributed by atoms with Gasteiger partial charge in [-0.15, -0.1) is 11.3 Å². The van der Waals surface area contributed by atoms with Crippen molar-refractivity contribution in [1.82, 2.24) is 9.71 Å². The summed E-state index contributed by atoms with van der Waals surface area (Å²) < 4.78 is 31.8. The van der Waals surface area contributed by atoms with E-state index < -0.39 is 22.0 Å². The molecule has 2 aromatic heterocycles. The van der Waals surface area contributed by atoms with Gasteiger partial charge in [-0.25, -0.2) is 18.2 Å². The maximum Gasteiger partial charge on any atom is 0.336 e. The molecule has 2 rings (SSSR count). The predicted molar refractivity (Wildman–Crippen MR) is 71.3 cm³/mol. The van der Waals surface area contributed by atoms with Crippen molar-refractivity contribution in [2.24, 2.45) is 0 Å². The molecule has 1 unspecified atom stereocenters. The highest BCUT2D eigenvalue weighted by Gasteiger charge is 2.23. The van der Waals surface area contributed by atoms with Crippen molar-refractivity contribution < 1.29 is 22.7 Å². The molecule has 0 saturated heterocycles. The SMILES string of the molecule is Cc1cnc(C(C)NS(=O)(=O)c2cc(C(=O)O)cs2)o1. The molecule has 0 aliphatic heterocycles. The zero-order valence-corrected chi connectivity index (χ0v) is 12.3. The highest BCUT2D eigenvalue weighted by Crippen LogP contribution is 2.22. The molecule has 2 aromatic rings. The third kappa shape index (κ3) is 3.06. The normalized spacial score (nSPS) is 13.3. The van der Waals surface area contributed by atoms with Crippen molar-refractivity contribution >= 4 is 27.3 Å². The first-order valence-electron chi connectivity index (χ1n) is 5.56. The van der Waals surface area contributed by atoms with E-state index in [0.29, 0.717) is 5.76 Å². The zero-order chi connectivity index (χ0) is 14.9. The minimum Gasteiger partial charge on any atom is -0.478 e. The molecule has 0 bridgehead atoms. The van der Waals surface area contributed by atoms with Crippen LogP contribution < -0.4 is 4.72 Å². The van der Waals surface area contributed by atoms with E-state index in [9.17, 15) is 13.2 Å². The Morgan fingerprint density at radius 1 is 1.55 bits per heavy atom. The van der Waals surface area contributed by atoms with Gasteiger partial charge in [-0.3, -0.25) is 0 Å². The second kappa shape index (κ2) is 5.35. The van der Waals surface area contributed by atoms with Crippen LogP contribution in [0.15, 0.2) is 26.3 Å². The fraction of sp³-hybridized carbons (Fsp3) is 0.273. The molecule has 2 heterocycles. The Balaban J connectivity index is 2.20. The molecule has 0 aliphatic carbocycles. The minimum absolute atomic E-state index is 0.0602. The Hall–Kier alpha value is -1.71. The van der Waals surface area contributed by atoms with Crippen LogP contribution in [-0.4, -0.2) is 24.5 Å². The van der Waals surface area contributed by atoms with Crippen LogP contribution in [0.3, 0.4) is 0 Å². The van der Waals surface area contributed by atoms with E-state index in [0.717, 1.165) is 17.4 Å². The summed E-state index contributed by atoms with van der Waals surface area (Å²) in [6.07, 6.45) is 1.49. The predicted octanol–water partition coefficient (Wildman–Crippen LogP) is 1.78. The van der Waals surface area contributed by atoms with Gasteiger partial charge in [-0.05, 0) is 19.9 Å². The van der Waals surface area contributed by atoms with Crippen molar-refractivity contribution in [1.29, 1.82) is 0 Å². The van der Waals surface area contributed by atoms with Crippen LogP contribution in [0.2, 0.25) is 0 Å². The van der Waals surface area contributed by atoms with Gasteiger partial charge in [0.15, 0.2) is 0 Å². The van der Waals surface area contributed by atoms with E-state index >= 15 is 0 Å². The molecule has 0 saturated carbocycles. The first-order chi connectivity index (χ1) is 9.29. The van der Waals surface area contributed by atoms with E-state index in [1.165, 1.54) is 11.6 Å². The first-order valence-corrected chi connectivity index (χ1v) is 7.92. The third-order valence-corrected chi connectivity index (χ3v) is 5.41. The number of sulfonamides is 1. The molecule has 0 spiro atoms. The number of aromatic carboxylic acids is 1. The third-order valence-electron chi connectivity index (χ3n) is 2.43. The van der Waals surface area contributed by atoms with Gasteiger partial charge < -0.3 is 9.52 Å². The van der Waals surface area contributed by atoms with E-state index in [-0.39, 0.29) is 15.7 Å². The number of oxazole rings is 1. The van der Waals surface area contributed by atoms with Crippen molar-refractivity contribution in [3.8, 4) is 0 Å². The zero-order valence-electron chi connectivity index (χ0n) is 10.7. The van der Waals surface area contributed by atoms with Crippen molar-refractivity contribution in [3.05, 3.63) is 34.9 Å². The largest absolute Gasteiger partial charge is 0.478 e. The van der Waals surface area contributed by atoms with Gasteiger partial charge in [0.2, 0.25) is 5.89 Å².